The maximum absolute atomic E-state index is 12.2. The lowest BCUT2D eigenvalue weighted by atomic mass is 10.1. The molecule has 2 heterocycles. The third-order valence-electron chi connectivity index (χ3n) is 3.76. The molecule has 0 saturated carbocycles. The van der Waals surface area contributed by atoms with Crippen LogP contribution in [-0.4, -0.2) is 42.0 Å². The van der Waals surface area contributed by atoms with Crippen LogP contribution in [0.5, 0.6) is 0 Å². The van der Waals surface area contributed by atoms with Crippen molar-refractivity contribution in [3.05, 3.63) is 28.4 Å². The molecule has 0 amide bonds. The van der Waals surface area contributed by atoms with Crippen molar-refractivity contribution in [2.75, 3.05) is 25.1 Å². The van der Waals surface area contributed by atoms with Crippen molar-refractivity contribution in [1.82, 2.24) is 10.2 Å². The van der Waals surface area contributed by atoms with Crippen molar-refractivity contribution in [2.24, 2.45) is 0 Å². The third-order valence-corrected chi connectivity index (χ3v) is 4.25. The number of hydrogen-bond donors (Lipinski definition) is 1. The van der Waals surface area contributed by atoms with E-state index in [0.717, 1.165) is 28.2 Å². The lowest BCUT2D eigenvalue weighted by molar-refractivity contribution is 0.0519. The van der Waals surface area contributed by atoms with Gasteiger partial charge >= 0.3 is 5.97 Å². The second kappa shape index (κ2) is 7.23. The zero-order valence-corrected chi connectivity index (χ0v) is 14.4. The average molecular weight is 380 g/mol. The van der Waals surface area contributed by atoms with Gasteiger partial charge in [-0.25, -0.2) is 4.79 Å². The number of carbonyl (C=O) groups excluding carboxylic acids is 1. The topological polar surface area (TPSA) is 73.3 Å². The Balaban J connectivity index is 2.06. The fourth-order valence-electron chi connectivity index (χ4n) is 2.61. The molecule has 1 fully saturated rings. The Kier molecular flexibility index (Phi) is 5.07. The zero-order valence-electron chi connectivity index (χ0n) is 12.8. The normalized spacial score (nSPS) is 15.6. The summed E-state index contributed by atoms with van der Waals surface area (Å²) in [5, 5.41) is 12.5. The molecule has 0 radical (unpaired) electrons. The van der Waals surface area contributed by atoms with E-state index in [0.29, 0.717) is 25.5 Å². The Morgan fingerprint density at radius 3 is 2.91 bits per heavy atom. The average Bonchev–Trinajstić information content (AvgIpc) is 2.56. The van der Waals surface area contributed by atoms with E-state index in [9.17, 15) is 4.79 Å². The van der Waals surface area contributed by atoms with Gasteiger partial charge in [-0.15, -0.1) is 10.2 Å². The number of aromatic nitrogens is 2. The summed E-state index contributed by atoms with van der Waals surface area (Å²) in [7, 11) is 0. The first-order chi connectivity index (χ1) is 11.2. The van der Waals surface area contributed by atoms with Gasteiger partial charge in [0.25, 0.3) is 0 Å². The summed E-state index contributed by atoms with van der Waals surface area (Å²) >= 11 is 3.47. The SMILES string of the molecule is CCOC(=O)c1nnc2ccc(Br)cc2c1NC1CCOCC1. The van der Waals surface area contributed by atoms with Crippen molar-refractivity contribution in [3.8, 4) is 0 Å². The second-order valence-electron chi connectivity index (χ2n) is 5.34. The minimum Gasteiger partial charge on any atom is -0.461 e. The number of rotatable bonds is 4. The van der Waals surface area contributed by atoms with E-state index >= 15 is 0 Å². The molecule has 1 saturated heterocycles. The van der Waals surface area contributed by atoms with Crippen LogP contribution in [0.2, 0.25) is 0 Å². The van der Waals surface area contributed by atoms with Gasteiger partial charge in [0.1, 0.15) is 0 Å². The van der Waals surface area contributed by atoms with Crippen molar-refractivity contribution in [1.29, 1.82) is 0 Å². The van der Waals surface area contributed by atoms with Crippen LogP contribution in [0, 0.1) is 0 Å². The largest absolute Gasteiger partial charge is 0.461 e. The summed E-state index contributed by atoms with van der Waals surface area (Å²) in [6.45, 7) is 3.50. The van der Waals surface area contributed by atoms with Crippen LogP contribution in [0.3, 0.4) is 0 Å². The molecule has 2 aromatic rings. The number of nitrogens with one attached hydrogen (secondary N) is 1. The van der Waals surface area contributed by atoms with Crippen molar-refractivity contribution < 1.29 is 14.3 Å². The smallest absolute Gasteiger partial charge is 0.361 e. The first kappa shape index (κ1) is 16.1. The van der Waals surface area contributed by atoms with E-state index in [2.05, 4.69) is 31.4 Å². The van der Waals surface area contributed by atoms with E-state index in [1.54, 1.807) is 6.92 Å². The molecule has 3 rings (SSSR count). The molecule has 1 N–H and O–H groups in total. The Morgan fingerprint density at radius 2 is 2.17 bits per heavy atom. The predicted molar refractivity (Wildman–Crippen MR) is 90.7 cm³/mol. The number of halogens is 1. The zero-order chi connectivity index (χ0) is 16.2. The first-order valence-electron chi connectivity index (χ1n) is 7.66. The van der Waals surface area contributed by atoms with Crippen LogP contribution in [0.25, 0.3) is 10.9 Å². The number of fused-ring (bicyclic) bond motifs is 1. The summed E-state index contributed by atoms with van der Waals surface area (Å²) in [6.07, 6.45) is 1.78. The third kappa shape index (κ3) is 3.61. The molecule has 23 heavy (non-hydrogen) atoms. The molecule has 7 heteroatoms. The van der Waals surface area contributed by atoms with Gasteiger partial charge in [-0.05, 0) is 38.0 Å². The summed E-state index contributed by atoms with van der Waals surface area (Å²) < 4.78 is 11.4. The van der Waals surface area contributed by atoms with Gasteiger partial charge in [-0.3, -0.25) is 0 Å². The minimum absolute atomic E-state index is 0.226. The summed E-state index contributed by atoms with van der Waals surface area (Å²) in [4.78, 5) is 12.2. The summed E-state index contributed by atoms with van der Waals surface area (Å²) in [5.74, 6) is -0.462. The highest BCUT2D eigenvalue weighted by Gasteiger charge is 2.22. The van der Waals surface area contributed by atoms with Crippen molar-refractivity contribution >= 4 is 38.5 Å². The molecule has 0 spiro atoms. The fraction of sp³-hybridized carbons (Fsp3) is 0.438. The molecule has 0 aliphatic carbocycles. The van der Waals surface area contributed by atoms with Gasteiger partial charge in [0.2, 0.25) is 0 Å². The van der Waals surface area contributed by atoms with Crippen LogP contribution in [0.15, 0.2) is 22.7 Å². The van der Waals surface area contributed by atoms with E-state index in [1.807, 2.05) is 18.2 Å². The van der Waals surface area contributed by atoms with Crippen LogP contribution in [0.4, 0.5) is 5.69 Å². The lowest BCUT2D eigenvalue weighted by Crippen LogP contribution is -2.29. The van der Waals surface area contributed by atoms with Gasteiger partial charge in [0.05, 0.1) is 17.8 Å². The van der Waals surface area contributed by atoms with E-state index in [-0.39, 0.29) is 11.7 Å². The molecular weight excluding hydrogens is 362 g/mol. The highest BCUT2D eigenvalue weighted by molar-refractivity contribution is 9.10. The molecule has 1 aliphatic rings. The molecule has 0 unspecified atom stereocenters. The number of nitrogens with zero attached hydrogens (tertiary/aromatic N) is 2. The van der Waals surface area contributed by atoms with E-state index in [4.69, 9.17) is 9.47 Å². The van der Waals surface area contributed by atoms with Crippen LogP contribution < -0.4 is 5.32 Å². The summed E-state index contributed by atoms with van der Waals surface area (Å²) in [5.41, 5.74) is 1.64. The molecule has 1 aromatic heterocycles. The molecule has 0 bridgehead atoms. The predicted octanol–water partition coefficient (Wildman–Crippen LogP) is 3.16. The molecule has 122 valence electrons. The molecule has 0 atom stereocenters. The number of benzene rings is 1. The van der Waals surface area contributed by atoms with Gasteiger partial charge < -0.3 is 14.8 Å². The maximum Gasteiger partial charge on any atom is 0.361 e. The van der Waals surface area contributed by atoms with Crippen LogP contribution >= 0.6 is 15.9 Å². The number of esters is 1. The number of carbonyl (C=O) groups is 1. The number of hydrogen-bond acceptors (Lipinski definition) is 6. The fourth-order valence-corrected chi connectivity index (χ4v) is 2.97. The van der Waals surface area contributed by atoms with Gasteiger partial charge in [-0.1, -0.05) is 15.9 Å². The van der Waals surface area contributed by atoms with Gasteiger partial charge in [0.15, 0.2) is 5.69 Å². The minimum atomic E-state index is -0.462. The Labute approximate surface area is 142 Å². The quantitative estimate of drug-likeness (QED) is 0.822. The van der Waals surface area contributed by atoms with Gasteiger partial charge in [0, 0.05) is 29.1 Å². The van der Waals surface area contributed by atoms with Crippen molar-refractivity contribution in [3.63, 3.8) is 0 Å². The van der Waals surface area contributed by atoms with Gasteiger partial charge in [-0.2, -0.15) is 0 Å². The number of anilines is 1. The lowest BCUT2D eigenvalue weighted by Gasteiger charge is -2.25. The molecule has 6 nitrogen and oxygen atoms in total. The Bertz CT molecular complexity index is 717. The number of ether oxygens (including phenoxy) is 2. The second-order valence-corrected chi connectivity index (χ2v) is 6.25. The molecule has 1 aliphatic heterocycles. The monoisotopic (exact) mass is 379 g/mol. The Hall–Kier alpha value is -1.73. The first-order valence-corrected chi connectivity index (χ1v) is 8.45. The molecular formula is C16H18BrN3O3. The summed E-state index contributed by atoms with van der Waals surface area (Å²) in [6, 6.07) is 5.95. The van der Waals surface area contributed by atoms with Crippen LogP contribution in [0.1, 0.15) is 30.3 Å². The highest BCUT2D eigenvalue weighted by Crippen LogP contribution is 2.29. The Morgan fingerprint density at radius 1 is 1.39 bits per heavy atom. The van der Waals surface area contributed by atoms with Crippen LogP contribution in [-0.2, 0) is 9.47 Å². The van der Waals surface area contributed by atoms with Crippen molar-refractivity contribution in [2.45, 2.75) is 25.8 Å². The van der Waals surface area contributed by atoms with E-state index in [1.165, 1.54) is 0 Å². The van der Waals surface area contributed by atoms with E-state index < -0.39 is 5.97 Å². The molecule has 1 aromatic carbocycles. The maximum atomic E-state index is 12.2. The standard InChI is InChI=1S/C16H18BrN3O3/c1-2-23-16(21)15-14(18-11-5-7-22-8-6-11)12-9-10(17)3-4-13(12)19-20-15/h3-4,9,11H,2,5-8H2,1H3,(H,18,19). The highest BCUT2D eigenvalue weighted by atomic mass is 79.9.